The molecule has 26 heavy (non-hydrogen) atoms. The molecule has 0 atom stereocenters. The van der Waals surface area contributed by atoms with E-state index in [-0.39, 0.29) is 5.92 Å². The summed E-state index contributed by atoms with van der Waals surface area (Å²) in [5.74, 6) is 2.44. The fraction of sp³-hybridized carbons (Fsp3) is 0.684. The second-order valence-electron chi connectivity index (χ2n) is 7.52. The van der Waals surface area contributed by atoms with Gasteiger partial charge in [0.1, 0.15) is 16.9 Å². The van der Waals surface area contributed by atoms with Crippen LogP contribution in [0.25, 0.3) is 11.0 Å². The van der Waals surface area contributed by atoms with E-state index in [9.17, 15) is 4.79 Å². The molecule has 0 aromatic carbocycles. The highest BCUT2D eigenvalue weighted by molar-refractivity contribution is 5.88. The molecule has 7 heteroatoms. The zero-order valence-corrected chi connectivity index (χ0v) is 16.0. The Morgan fingerprint density at radius 2 is 1.81 bits per heavy atom. The predicted octanol–water partition coefficient (Wildman–Crippen LogP) is 2.07. The lowest BCUT2D eigenvalue weighted by atomic mass is 10.1. The number of carbonyl (C=O) groups excluding carboxylic acids is 1. The third-order valence-corrected chi connectivity index (χ3v) is 5.79. The highest BCUT2D eigenvalue weighted by Crippen LogP contribution is 2.29. The molecule has 0 unspecified atom stereocenters. The number of hydrogen-bond donors (Lipinski definition) is 0. The van der Waals surface area contributed by atoms with Crippen LogP contribution in [0.1, 0.15) is 44.1 Å². The van der Waals surface area contributed by atoms with E-state index in [0.717, 1.165) is 73.8 Å². The molecule has 7 nitrogen and oxygen atoms in total. The summed E-state index contributed by atoms with van der Waals surface area (Å²) < 4.78 is 1.88. The molecule has 0 N–H and O–H groups in total. The van der Waals surface area contributed by atoms with Crippen molar-refractivity contribution in [3.8, 4) is 0 Å². The van der Waals surface area contributed by atoms with Crippen molar-refractivity contribution in [2.24, 2.45) is 13.0 Å². The number of fused-ring (bicyclic) bond motifs is 1. The minimum absolute atomic E-state index is 0.263. The summed E-state index contributed by atoms with van der Waals surface area (Å²) in [6, 6.07) is 0. The van der Waals surface area contributed by atoms with Gasteiger partial charge >= 0.3 is 0 Å². The van der Waals surface area contributed by atoms with Crippen LogP contribution in [0.3, 0.4) is 0 Å². The molecule has 2 aromatic rings. The molecule has 4 rings (SSSR count). The quantitative estimate of drug-likeness (QED) is 0.842. The number of amides is 1. The van der Waals surface area contributed by atoms with E-state index in [0.29, 0.717) is 5.91 Å². The average Bonchev–Trinajstić information content (AvgIpc) is 3.29. The van der Waals surface area contributed by atoms with Gasteiger partial charge in [0.25, 0.3) is 0 Å². The monoisotopic (exact) mass is 356 g/mol. The molecule has 140 valence electrons. The molecule has 1 aliphatic heterocycles. The lowest BCUT2D eigenvalue weighted by Gasteiger charge is -2.36. The summed E-state index contributed by atoms with van der Waals surface area (Å²) in [5.41, 5.74) is 2.88. The zero-order valence-electron chi connectivity index (χ0n) is 16.0. The van der Waals surface area contributed by atoms with Gasteiger partial charge < -0.3 is 9.80 Å². The number of carbonyl (C=O) groups is 1. The Morgan fingerprint density at radius 3 is 2.46 bits per heavy atom. The third-order valence-electron chi connectivity index (χ3n) is 5.79. The van der Waals surface area contributed by atoms with E-state index in [1.807, 2.05) is 18.7 Å². The Balaban J connectivity index is 1.56. The first-order valence-corrected chi connectivity index (χ1v) is 9.82. The van der Waals surface area contributed by atoms with Crippen LogP contribution in [0.2, 0.25) is 0 Å². The summed E-state index contributed by atoms with van der Waals surface area (Å²) >= 11 is 0. The molecular formula is C19H28N6O. The molecule has 0 bridgehead atoms. The molecule has 2 fully saturated rings. The Labute approximate surface area is 154 Å². The van der Waals surface area contributed by atoms with E-state index < -0.39 is 0 Å². The standard InChI is InChI=1S/C19H28N6O/c1-4-15-20-16-13(2)22-23(3)17(16)18(21-15)24-9-11-25(12-10-24)19(26)14-7-5-6-8-14/h14H,4-12H2,1-3H3. The van der Waals surface area contributed by atoms with Gasteiger partial charge in [0, 0.05) is 45.6 Å². The molecule has 0 spiro atoms. The molecule has 1 aliphatic carbocycles. The van der Waals surface area contributed by atoms with Gasteiger partial charge in [-0.05, 0) is 19.8 Å². The minimum atomic E-state index is 0.263. The SMILES string of the molecule is CCc1nc(N2CCN(C(=O)C3CCCC3)CC2)c2c(n1)c(C)nn2C. The number of anilines is 1. The number of aromatic nitrogens is 4. The Hall–Kier alpha value is -2.18. The van der Waals surface area contributed by atoms with Gasteiger partial charge in [-0.1, -0.05) is 19.8 Å². The van der Waals surface area contributed by atoms with E-state index >= 15 is 0 Å². The van der Waals surface area contributed by atoms with Crippen molar-refractivity contribution < 1.29 is 4.79 Å². The van der Waals surface area contributed by atoms with Crippen LogP contribution in [-0.2, 0) is 18.3 Å². The summed E-state index contributed by atoms with van der Waals surface area (Å²) in [4.78, 5) is 26.5. The van der Waals surface area contributed by atoms with Gasteiger partial charge in [-0.15, -0.1) is 0 Å². The molecule has 1 saturated heterocycles. The fourth-order valence-corrected chi connectivity index (χ4v) is 4.31. The van der Waals surface area contributed by atoms with Crippen LogP contribution in [-0.4, -0.2) is 56.7 Å². The highest BCUT2D eigenvalue weighted by Gasteiger charge is 2.30. The van der Waals surface area contributed by atoms with Crippen LogP contribution >= 0.6 is 0 Å². The highest BCUT2D eigenvalue weighted by atomic mass is 16.2. The van der Waals surface area contributed by atoms with Crippen molar-refractivity contribution in [3.05, 3.63) is 11.5 Å². The maximum atomic E-state index is 12.7. The molecule has 2 aromatic heterocycles. The van der Waals surface area contributed by atoms with Crippen LogP contribution in [0.4, 0.5) is 5.82 Å². The largest absolute Gasteiger partial charge is 0.351 e. The fourth-order valence-electron chi connectivity index (χ4n) is 4.31. The summed E-state index contributed by atoms with van der Waals surface area (Å²) in [5, 5.41) is 4.54. The number of hydrogen-bond acceptors (Lipinski definition) is 5. The second-order valence-corrected chi connectivity index (χ2v) is 7.52. The summed E-state index contributed by atoms with van der Waals surface area (Å²) in [6.45, 7) is 7.26. The Kier molecular flexibility index (Phi) is 4.54. The summed E-state index contributed by atoms with van der Waals surface area (Å²) in [7, 11) is 1.95. The van der Waals surface area contributed by atoms with Crippen molar-refractivity contribution in [3.63, 3.8) is 0 Å². The topological polar surface area (TPSA) is 67.2 Å². The molecule has 1 saturated carbocycles. The number of piperazine rings is 1. The van der Waals surface area contributed by atoms with Gasteiger partial charge in [0.05, 0.1) is 5.69 Å². The number of aryl methyl sites for hydroxylation is 3. The number of rotatable bonds is 3. The van der Waals surface area contributed by atoms with Crippen LogP contribution in [0.5, 0.6) is 0 Å². The minimum Gasteiger partial charge on any atom is -0.351 e. The lowest BCUT2D eigenvalue weighted by molar-refractivity contribution is -0.135. The molecular weight excluding hydrogens is 328 g/mol. The smallest absolute Gasteiger partial charge is 0.225 e. The zero-order chi connectivity index (χ0) is 18.3. The van der Waals surface area contributed by atoms with Crippen molar-refractivity contribution in [1.82, 2.24) is 24.6 Å². The first-order valence-electron chi connectivity index (χ1n) is 9.82. The van der Waals surface area contributed by atoms with Crippen molar-refractivity contribution in [2.45, 2.75) is 46.0 Å². The third kappa shape index (κ3) is 2.93. The van der Waals surface area contributed by atoms with Crippen LogP contribution in [0.15, 0.2) is 0 Å². The molecule has 3 heterocycles. The first kappa shape index (κ1) is 17.2. The van der Waals surface area contributed by atoms with Gasteiger partial charge in [0.15, 0.2) is 5.82 Å². The van der Waals surface area contributed by atoms with Gasteiger partial charge in [-0.25, -0.2) is 9.97 Å². The van der Waals surface area contributed by atoms with Crippen molar-refractivity contribution >= 4 is 22.8 Å². The molecule has 2 aliphatic rings. The Morgan fingerprint density at radius 1 is 1.12 bits per heavy atom. The van der Waals surface area contributed by atoms with Gasteiger partial charge in [0.2, 0.25) is 5.91 Å². The molecule has 0 radical (unpaired) electrons. The number of nitrogens with zero attached hydrogens (tertiary/aromatic N) is 6. The predicted molar refractivity (Wildman–Crippen MR) is 101 cm³/mol. The maximum Gasteiger partial charge on any atom is 0.225 e. The average molecular weight is 356 g/mol. The maximum absolute atomic E-state index is 12.7. The van der Waals surface area contributed by atoms with Gasteiger partial charge in [-0.2, -0.15) is 5.10 Å². The first-order chi connectivity index (χ1) is 12.6. The normalized spacial score (nSPS) is 18.9. The van der Waals surface area contributed by atoms with E-state index in [1.165, 1.54) is 12.8 Å². The van der Waals surface area contributed by atoms with Gasteiger partial charge in [-0.3, -0.25) is 9.48 Å². The van der Waals surface area contributed by atoms with E-state index in [2.05, 4.69) is 26.8 Å². The lowest BCUT2D eigenvalue weighted by Crippen LogP contribution is -2.50. The second kappa shape index (κ2) is 6.85. The van der Waals surface area contributed by atoms with Crippen LogP contribution < -0.4 is 4.90 Å². The van der Waals surface area contributed by atoms with Crippen LogP contribution in [0, 0.1) is 12.8 Å². The van der Waals surface area contributed by atoms with E-state index in [4.69, 9.17) is 4.98 Å². The van der Waals surface area contributed by atoms with Crippen molar-refractivity contribution in [2.75, 3.05) is 31.1 Å². The summed E-state index contributed by atoms with van der Waals surface area (Å²) in [6.07, 6.45) is 5.35. The van der Waals surface area contributed by atoms with Crippen molar-refractivity contribution in [1.29, 1.82) is 0 Å². The molecule has 1 amide bonds. The Bertz CT molecular complexity index is 815. The van der Waals surface area contributed by atoms with E-state index in [1.54, 1.807) is 0 Å².